The van der Waals surface area contributed by atoms with Gasteiger partial charge >= 0.3 is 0 Å². The Kier molecular flexibility index (Phi) is 8.87. The number of unbranched alkanes of at least 4 members (excludes halogenated alkanes) is 1. The maximum Gasteiger partial charge on any atom is 0.246 e. The fourth-order valence-corrected chi connectivity index (χ4v) is 4.18. The van der Waals surface area contributed by atoms with Gasteiger partial charge in [0.15, 0.2) is 0 Å². The van der Waals surface area contributed by atoms with Gasteiger partial charge in [0.1, 0.15) is 5.82 Å². The summed E-state index contributed by atoms with van der Waals surface area (Å²) in [7, 11) is 0. The summed E-state index contributed by atoms with van der Waals surface area (Å²) in [4.78, 5) is 30.9. The van der Waals surface area contributed by atoms with Crippen LogP contribution in [-0.4, -0.2) is 83.5 Å². The van der Waals surface area contributed by atoms with Gasteiger partial charge in [-0.1, -0.05) is 17.7 Å². The highest BCUT2D eigenvalue weighted by molar-refractivity contribution is 6.30. The van der Waals surface area contributed by atoms with E-state index in [0.717, 1.165) is 45.3 Å². The van der Waals surface area contributed by atoms with Crippen LogP contribution in [0.15, 0.2) is 24.3 Å². The summed E-state index contributed by atoms with van der Waals surface area (Å²) in [5.41, 5.74) is 0.649. The molecular weight excluding hydrogens is 421 g/mol. The Morgan fingerprint density at radius 3 is 2.61 bits per heavy atom. The zero-order valence-corrected chi connectivity index (χ0v) is 18.6. The SMILES string of the molecule is O=C(C=Cc1ccc(F)c(Cl)c1)N1CCC(=O)N(CCCCN2CCC(O)CC2)CC1. The number of halogens is 2. The molecule has 2 saturated heterocycles. The van der Waals surface area contributed by atoms with Crippen molar-refractivity contribution >= 4 is 29.5 Å². The fraction of sp³-hybridized carbons (Fsp3) is 0.565. The summed E-state index contributed by atoms with van der Waals surface area (Å²) >= 11 is 5.77. The quantitative estimate of drug-likeness (QED) is 0.511. The highest BCUT2D eigenvalue weighted by atomic mass is 35.5. The van der Waals surface area contributed by atoms with Crippen LogP contribution in [0.5, 0.6) is 0 Å². The van der Waals surface area contributed by atoms with E-state index in [0.29, 0.717) is 38.2 Å². The van der Waals surface area contributed by atoms with Crippen LogP contribution >= 0.6 is 11.6 Å². The topological polar surface area (TPSA) is 64.1 Å². The van der Waals surface area contributed by atoms with Crippen LogP contribution in [-0.2, 0) is 9.59 Å². The van der Waals surface area contributed by atoms with Crippen molar-refractivity contribution in [2.24, 2.45) is 0 Å². The van der Waals surface area contributed by atoms with Crippen molar-refractivity contribution in [3.05, 3.63) is 40.7 Å². The number of nitrogens with zero attached hydrogens (tertiary/aromatic N) is 3. The van der Waals surface area contributed by atoms with E-state index in [2.05, 4.69) is 4.90 Å². The lowest BCUT2D eigenvalue weighted by molar-refractivity contribution is -0.130. The van der Waals surface area contributed by atoms with E-state index in [1.165, 1.54) is 18.2 Å². The molecule has 1 aromatic rings. The minimum atomic E-state index is -0.494. The van der Waals surface area contributed by atoms with Crippen LogP contribution in [0.25, 0.3) is 6.08 Å². The third kappa shape index (κ3) is 7.30. The third-order valence-electron chi connectivity index (χ3n) is 5.97. The molecule has 3 rings (SSSR count). The number of aliphatic hydroxyl groups excluding tert-OH is 1. The number of piperidine rings is 1. The van der Waals surface area contributed by atoms with Gasteiger partial charge in [-0.2, -0.15) is 0 Å². The predicted octanol–water partition coefficient (Wildman–Crippen LogP) is 2.79. The number of likely N-dealkylation sites (tertiary alicyclic amines) is 1. The van der Waals surface area contributed by atoms with Crippen molar-refractivity contribution in [3.8, 4) is 0 Å². The lowest BCUT2D eigenvalue weighted by atomic mass is 10.1. The molecular formula is C23H31ClFN3O3. The number of benzene rings is 1. The van der Waals surface area contributed by atoms with Gasteiger partial charge in [-0.25, -0.2) is 4.39 Å². The molecule has 31 heavy (non-hydrogen) atoms. The molecule has 6 nitrogen and oxygen atoms in total. The molecule has 2 fully saturated rings. The number of aliphatic hydroxyl groups is 1. The van der Waals surface area contributed by atoms with Gasteiger partial charge < -0.3 is 19.8 Å². The second kappa shape index (κ2) is 11.6. The van der Waals surface area contributed by atoms with Gasteiger partial charge in [0.2, 0.25) is 11.8 Å². The molecule has 0 unspecified atom stereocenters. The van der Waals surface area contributed by atoms with Crippen LogP contribution in [0.4, 0.5) is 4.39 Å². The fourth-order valence-electron chi connectivity index (χ4n) is 3.99. The molecule has 2 amide bonds. The van der Waals surface area contributed by atoms with Crippen molar-refractivity contribution in [2.75, 3.05) is 45.8 Å². The molecule has 1 N–H and O–H groups in total. The van der Waals surface area contributed by atoms with E-state index in [4.69, 9.17) is 11.6 Å². The Morgan fingerprint density at radius 1 is 1.13 bits per heavy atom. The summed E-state index contributed by atoms with van der Waals surface area (Å²) in [5.74, 6) is -0.570. The maximum atomic E-state index is 13.2. The van der Waals surface area contributed by atoms with Gasteiger partial charge in [0.05, 0.1) is 11.1 Å². The molecule has 0 aliphatic carbocycles. The second-order valence-electron chi connectivity index (χ2n) is 8.24. The Bertz CT molecular complexity index is 796. The van der Waals surface area contributed by atoms with Gasteiger partial charge in [-0.15, -0.1) is 0 Å². The summed E-state index contributed by atoms with van der Waals surface area (Å²) in [6.45, 7) is 5.04. The van der Waals surface area contributed by atoms with Crippen molar-refractivity contribution in [2.45, 2.75) is 38.2 Å². The lowest BCUT2D eigenvalue weighted by Crippen LogP contribution is -2.37. The molecule has 0 saturated carbocycles. The minimum Gasteiger partial charge on any atom is -0.393 e. The van der Waals surface area contributed by atoms with Gasteiger partial charge in [-0.05, 0) is 56.0 Å². The van der Waals surface area contributed by atoms with Crippen molar-refractivity contribution < 1.29 is 19.1 Å². The molecule has 2 heterocycles. The standard InChI is InChI=1S/C23H31ClFN3O3/c24-20-17-18(3-5-21(20)25)4-6-22(30)28-14-9-23(31)27(15-16-28)11-2-1-10-26-12-7-19(29)8-13-26/h3-6,17,19,29H,1-2,7-16H2. The van der Waals surface area contributed by atoms with Crippen molar-refractivity contribution in [1.82, 2.24) is 14.7 Å². The van der Waals surface area contributed by atoms with Crippen LogP contribution < -0.4 is 0 Å². The van der Waals surface area contributed by atoms with E-state index in [1.807, 2.05) is 4.90 Å². The lowest BCUT2D eigenvalue weighted by Gasteiger charge is -2.29. The molecule has 0 atom stereocenters. The molecule has 170 valence electrons. The first kappa shape index (κ1) is 23.7. The number of hydrogen-bond donors (Lipinski definition) is 1. The summed E-state index contributed by atoms with van der Waals surface area (Å²) < 4.78 is 13.2. The van der Waals surface area contributed by atoms with Crippen LogP contribution in [0.1, 0.15) is 37.7 Å². The van der Waals surface area contributed by atoms with Gasteiger partial charge in [-0.3, -0.25) is 9.59 Å². The third-order valence-corrected chi connectivity index (χ3v) is 6.26. The van der Waals surface area contributed by atoms with Crippen molar-refractivity contribution in [3.63, 3.8) is 0 Å². The Labute approximate surface area is 188 Å². The van der Waals surface area contributed by atoms with Crippen LogP contribution in [0.3, 0.4) is 0 Å². The normalized spacial score (nSPS) is 19.3. The number of hydrogen-bond acceptors (Lipinski definition) is 4. The van der Waals surface area contributed by atoms with Crippen LogP contribution in [0.2, 0.25) is 5.02 Å². The number of carbonyl (C=O) groups excluding carboxylic acids is 2. The van der Waals surface area contributed by atoms with E-state index in [9.17, 15) is 19.1 Å². The monoisotopic (exact) mass is 451 g/mol. The Morgan fingerprint density at radius 2 is 1.87 bits per heavy atom. The maximum absolute atomic E-state index is 13.2. The molecule has 0 bridgehead atoms. The molecule has 8 heteroatoms. The first-order chi connectivity index (χ1) is 14.9. The summed E-state index contributed by atoms with van der Waals surface area (Å²) in [5, 5.41) is 9.59. The average molecular weight is 452 g/mol. The zero-order valence-electron chi connectivity index (χ0n) is 17.8. The number of amides is 2. The Balaban J connectivity index is 1.41. The summed E-state index contributed by atoms with van der Waals surface area (Å²) in [6, 6.07) is 4.30. The number of rotatable bonds is 7. The molecule has 1 aromatic carbocycles. The highest BCUT2D eigenvalue weighted by Crippen LogP contribution is 2.17. The second-order valence-corrected chi connectivity index (χ2v) is 8.65. The van der Waals surface area contributed by atoms with Crippen molar-refractivity contribution in [1.29, 1.82) is 0 Å². The zero-order chi connectivity index (χ0) is 22.2. The summed E-state index contributed by atoms with van der Waals surface area (Å²) in [6.07, 6.45) is 6.87. The molecule has 2 aliphatic heterocycles. The minimum absolute atomic E-state index is 0.0171. The largest absolute Gasteiger partial charge is 0.393 e. The smallest absolute Gasteiger partial charge is 0.246 e. The highest BCUT2D eigenvalue weighted by Gasteiger charge is 2.23. The molecule has 2 aliphatic rings. The van der Waals surface area contributed by atoms with E-state index in [-0.39, 0.29) is 22.9 Å². The van der Waals surface area contributed by atoms with Crippen LogP contribution in [0, 0.1) is 5.82 Å². The first-order valence-electron chi connectivity index (χ1n) is 11.0. The Hall–Kier alpha value is -1.96. The molecule has 0 spiro atoms. The number of carbonyl (C=O) groups is 2. The van der Waals surface area contributed by atoms with Gasteiger partial charge in [0.25, 0.3) is 0 Å². The molecule has 0 radical (unpaired) electrons. The predicted molar refractivity (Wildman–Crippen MR) is 119 cm³/mol. The van der Waals surface area contributed by atoms with E-state index in [1.54, 1.807) is 17.0 Å². The van der Waals surface area contributed by atoms with E-state index >= 15 is 0 Å². The first-order valence-corrected chi connectivity index (χ1v) is 11.4. The van der Waals surface area contributed by atoms with Gasteiger partial charge in [0, 0.05) is 51.8 Å². The van der Waals surface area contributed by atoms with E-state index < -0.39 is 5.82 Å². The molecule has 0 aromatic heterocycles. The average Bonchev–Trinajstić information content (AvgIpc) is 2.95.